The lowest BCUT2D eigenvalue weighted by atomic mass is 10.3. The second-order valence-corrected chi connectivity index (χ2v) is 4.69. The molecule has 1 amide bonds. The van der Waals surface area contributed by atoms with Crippen LogP contribution < -0.4 is 9.47 Å². The number of nitrogens with zero attached hydrogens (tertiary/aromatic N) is 3. The van der Waals surface area contributed by atoms with E-state index in [1.165, 1.54) is 32.0 Å². The van der Waals surface area contributed by atoms with Crippen LogP contribution in [0.1, 0.15) is 16.8 Å². The van der Waals surface area contributed by atoms with Gasteiger partial charge < -0.3 is 18.8 Å². The molecule has 1 saturated heterocycles. The fraction of sp³-hybridized carbons (Fsp3) is 0.357. The van der Waals surface area contributed by atoms with E-state index in [1.54, 1.807) is 11.0 Å². The molecular formula is C14H15N3O4. The Hall–Kier alpha value is -2.57. The minimum atomic E-state index is -0.0951. The van der Waals surface area contributed by atoms with Gasteiger partial charge in [0.15, 0.2) is 0 Å². The van der Waals surface area contributed by atoms with Crippen molar-refractivity contribution in [2.75, 3.05) is 20.2 Å². The average Bonchev–Trinajstić information content (AvgIpc) is 3.18. The minimum Gasteiger partial charge on any atom is -0.480 e. The molecule has 1 aliphatic rings. The standard InChI is InChI=1S/C14H15N3O4/c1-19-12-6-15-7-13(16-12)21-11-2-4-17(8-11)14(18)10-3-5-20-9-10/h3,5-7,9,11H,2,4,8H2,1H3. The third-order valence-corrected chi connectivity index (χ3v) is 3.29. The minimum absolute atomic E-state index is 0.0495. The highest BCUT2D eigenvalue weighted by atomic mass is 16.5. The van der Waals surface area contributed by atoms with E-state index >= 15 is 0 Å². The Balaban J connectivity index is 1.60. The topological polar surface area (TPSA) is 77.7 Å². The van der Waals surface area contributed by atoms with Gasteiger partial charge in [0.2, 0.25) is 11.8 Å². The van der Waals surface area contributed by atoms with Crippen molar-refractivity contribution in [2.45, 2.75) is 12.5 Å². The van der Waals surface area contributed by atoms with Gasteiger partial charge in [0.05, 0.1) is 37.9 Å². The number of hydrogen-bond acceptors (Lipinski definition) is 6. The van der Waals surface area contributed by atoms with Crippen LogP contribution in [0, 0.1) is 0 Å². The van der Waals surface area contributed by atoms with E-state index in [1.807, 2.05) is 0 Å². The molecule has 3 rings (SSSR count). The molecule has 0 aliphatic carbocycles. The smallest absolute Gasteiger partial charge is 0.257 e. The molecule has 7 nitrogen and oxygen atoms in total. The van der Waals surface area contributed by atoms with Crippen LogP contribution in [0.4, 0.5) is 0 Å². The van der Waals surface area contributed by atoms with Gasteiger partial charge in [-0.25, -0.2) is 0 Å². The summed E-state index contributed by atoms with van der Waals surface area (Å²) in [6.45, 7) is 1.16. The lowest BCUT2D eigenvalue weighted by Gasteiger charge is -2.16. The van der Waals surface area contributed by atoms with Crippen LogP contribution in [0.2, 0.25) is 0 Å². The van der Waals surface area contributed by atoms with Crippen molar-refractivity contribution in [2.24, 2.45) is 0 Å². The summed E-state index contributed by atoms with van der Waals surface area (Å²) in [5.41, 5.74) is 0.553. The van der Waals surface area contributed by atoms with Gasteiger partial charge in [-0.1, -0.05) is 0 Å². The van der Waals surface area contributed by atoms with Crippen LogP contribution in [0.5, 0.6) is 11.8 Å². The molecule has 1 fully saturated rings. The number of amides is 1. The first-order valence-corrected chi connectivity index (χ1v) is 6.60. The number of furan rings is 1. The number of hydrogen-bond donors (Lipinski definition) is 0. The summed E-state index contributed by atoms with van der Waals surface area (Å²) >= 11 is 0. The third-order valence-electron chi connectivity index (χ3n) is 3.29. The number of rotatable bonds is 4. The van der Waals surface area contributed by atoms with Gasteiger partial charge in [-0.15, -0.1) is 0 Å². The normalized spacial score (nSPS) is 17.8. The second kappa shape index (κ2) is 5.82. The zero-order chi connectivity index (χ0) is 14.7. The van der Waals surface area contributed by atoms with Crippen LogP contribution in [0.15, 0.2) is 35.4 Å². The summed E-state index contributed by atoms with van der Waals surface area (Å²) < 4.78 is 15.7. The highest BCUT2D eigenvalue weighted by molar-refractivity contribution is 5.94. The van der Waals surface area contributed by atoms with Gasteiger partial charge in [-0.05, 0) is 6.07 Å². The van der Waals surface area contributed by atoms with Gasteiger partial charge in [-0.2, -0.15) is 4.98 Å². The SMILES string of the molecule is COc1cncc(OC2CCN(C(=O)c3ccoc3)C2)n1. The molecule has 0 saturated carbocycles. The van der Waals surface area contributed by atoms with E-state index in [9.17, 15) is 4.79 Å². The number of carbonyl (C=O) groups excluding carboxylic acids is 1. The van der Waals surface area contributed by atoms with Gasteiger partial charge in [0.25, 0.3) is 5.91 Å². The maximum atomic E-state index is 12.2. The summed E-state index contributed by atoms with van der Waals surface area (Å²) in [5.74, 6) is 0.750. The highest BCUT2D eigenvalue weighted by Crippen LogP contribution is 2.19. The van der Waals surface area contributed by atoms with Crippen molar-refractivity contribution in [1.29, 1.82) is 0 Å². The molecule has 1 unspecified atom stereocenters. The second-order valence-electron chi connectivity index (χ2n) is 4.69. The number of carbonyl (C=O) groups is 1. The fourth-order valence-electron chi connectivity index (χ4n) is 2.23. The fourth-order valence-corrected chi connectivity index (χ4v) is 2.23. The molecule has 3 heterocycles. The van der Waals surface area contributed by atoms with E-state index in [2.05, 4.69) is 9.97 Å². The predicted molar refractivity (Wildman–Crippen MR) is 72.2 cm³/mol. The molecule has 0 radical (unpaired) electrons. The molecule has 1 aliphatic heterocycles. The predicted octanol–water partition coefficient (Wildman–Crippen LogP) is 1.37. The Morgan fingerprint density at radius 1 is 1.43 bits per heavy atom. The van der Waals surface area contributed by atoms with Crippen LogP contribution >= 0.6 is 0 Å². The molecule has 0 N–H and O–H groups in total. The van der Waals surface area contributed by atoms with Crippen molar-refractivity contribution in [3.8, 4) is 11.8 Å². The van der Waals surface area contributed by atoms with Gasteiger partial charge in [0.1, 0.15) is 12.4 Å². The lowest BCUT2D eigenvalue weighted by molar-refractivity contribution is 0.0770. The van der Waals surface area contributed by atoms with Crippen LogP contribution in [0.25, 0.3) is 0 Å². The Kier molecular flexibility index (Phi) is 3.72. The Bertz CT molecular complexity index is 614. The maximum absolute atomic E-state index is 12.2. The van der Waals surface area contributed by atoms with Crippen LogP contribution in [-0.2, 0) is 0 Å². The molecule has 2 aromatic heterocycles. The first kappa shape index (κ1) is 13.4. The largest absolute Gasteiger partial charge is 0.480 e. The molecular weight excluding hydrogens is 274 g/mol. The number of likely N-dealkylation sites (tertiary alicyclic amines) is 1. The zero-order valence-corrected chi connectivity index (χ0v) is 11.6. The Morgan fingerprint density at radius 3 is 3.05 bits per heavy atom. The molecule has 21 heavy (non-hydrogen) atoms. The van der Waals surface area contributed by atoms with Crippen molar-refractivity contribution >= 4 is 5.91 Å². The highest BCUT2D eigenvalue weighted by Gasteiger charge is 2.29. The van der Waals surface area contributed by atoms with E-state index in [0.29, 0.717) is 30.4 Å². The quantitative estimate of drug-likeness (QED) is 0.846. The Labute approximate surface area is 121 Å². The lowest BCUT2D eigenvalue weighted by Crippen LogP contribution is -2.30. The first-order valence-electron chi connectivity index (χ1n) is 6.60. The van der Waals surface area contributed by atoms with Gasteiger partial charge in [-0.3, -0.25) is 9.78 Å². The molecule has 0 spiro atoms. The van der Waals surface area contributed by atoms with Gasteiger partial charge >= 0.3 is 0 Å². The summed E-state index contributed by atoms with van der Waals surface area (Å²) in [7, 11) is 1.52. The zero-order valence-electron chi connectivity index (χ0n) is 11.6. The molecule has 0 aromatic carbocycles. The maximum Gasteiger partial charge on any atom is 0.257 e. The van der Waals surface area contributed by atoms with E-state index < -0.39 is 0 Å². The summed E-state index contributed by atoms with van der Waals surface area (Å²) in [5, 5.41) is 0. The van der Waals surface area contributed by atoms with E-state index in [-0.39, 0.29) is 12.0 Å². The van der Waals surface area contributed by atoms with E-state index in [0.717, 1.165) is 6.42 Å². The molecule has 110 valence electrons. The van der Waals surface area contributed by atoms with Crippen molar-refractivity contribution < 1.29 is 18.7 Å². The summed E-state index contributed by atoms with van der Waals surface area (Å²) in [6.07, 6.45) is 6.64. The monoisotopic (exact) mass is 289 g/mol. The number of aromatic nitrogens is 2. The summed E-state index contributed by atoms with van der Waals surface area (Å²) in [4.78, 5) is 22.0. The van der Waals surface area contributed by atoms with Crippen molar-refractivity contribution in [3.05, 3.63) is 36.5 Å². The van der Waals surface area contributed by atoms with Crippen molar-refractivity contribution in [3.63, 3.8) is 0 Å². The van der Waals surface area contributed by atoms with Crippen molar-refractivity contribution in [1.82, 2.24) is 14.9 Å². The average molecular weight is 289 g/mol. The molecule has 2 aromatic rings. The van der Waals surface area contributed by atoms with Gasteiger partial charge in [0, 0.05) is 13.0 Å². The van der Waals surface area contributed by atoms with Crippen LogP contribution in [-0.4, -0.2) is 47.1 Å². The number of methoxy groups -OCH3 is 1. The molecule has 7 heteroatoms. The third kappa shape index (κ3) is 2.96. The first-order chi connectivity index (χ1) is 10.3. The van der Waals surface area contributed by atoms with Crippen LogP contribution in [0.3, 0.4) is 0 Å². The molecule has 1 atom stereocenters. The molecule has 0 bridgehead atoms. The number of ether oxygens (including phenoxy) is 2. The Morgan fingerprint density at radius 2 is 2.29 bits per heavy atom. The van der Waals surface area contributed by atoms with E-state index in [4.69, 9.17) is 13.9 Å². The summed E-state index contributed by atoms with van der Waals surface area (Å²) in [6, 6.07) is 1.66.